The average molecular weight is 702 g/mol. The molecular weight excluding hydrogens is 667 g/mol. The molecular formula is C52H35N3. The van der Waals surface area contributed by atoms with Crippen LogP contribution in [0.1, 0.15) is 25.0 Å². The molecule has 8 aromatic carbocycles. The predicted molar refractivity (Wildman–Crippen MR) is 231 cm³/mol. The third-order valence-electron chi connectivity index (χ3n) is 12.3. The zero-order chi connectivity index (χ0) is 36.4. The molecule has 55 heavy (non-hydrogen) atoms. The van der Waals surface area contributed by atoms with Crippen LogP contribution in [0.4, 0.5) is 0 Å². The predicted octanol–water partition coefficient (Wildman–Crippen LogP) is 13.6. The highest BCUT2D eigenvalue weighted by Crippen LogP contribution is 2.50. The van der Waals surface area contributed by atoms with E-state index >= 15 is 0 Å². The summed E-state index contributed by atoms with van der Waals surface area (Å²) < 4.78 is 4.86. The third kappa shape index (κ3) is 4.18. The van der Waals surface area contributed by atoms with Crippen molar-refractivity contribution >= 4 is 65.3 Å². The van der Waals surface area contributed by atoms with Crippen LogP contribution in [0, 0.1) is 0 Å². The fourth-order valence-electron chi connectivity index (χ4n) is 9.72. The maximum Gasteiger partial charge on any atom is 0.0734 e. The molecule has 0 spiro atoms. The first-order chi connectivity index (χ1) is 27.0. The van der Waals surface area contributed by atoms with Crippen molar-refractivity contribution in [3.63, 3.8) is 0 Å². The van der Waals surface area contributed by atoms with Crippen LogP contribution in [0.5, 0.6) is 0 Å². The van der Waals surface area contributed by atoms with Crippen molar-refractivity contribution in [3.8, 4) is 33.8 Å². The normalized spacial score (nSPS) is 13.4. The first kappa shape index (κ1) is 30.5. The molecule has 1 aliphatic rings. The summed E-state index contributed by atoms with van der Waals surface area (Å²) >= 11 is 0. The van der Waals surface area contributed by atoms with Crippen LogP contribution in [0.3, 0.4) is 0 Å². The van der Waals surface area contributed by atoms with Gasteiger partial charge in [0, 0.05) is 43.6 Å². The second kappa shape index (κ2) is 11.0. The van der Waals surface area contributed by atoms with Crippen LogP contribution < -0.4 is 0 Å². The Labute approximate surface area is 318 Å². The number of pyridine rings is 1. The van der Waals surface area contributed by atoms with Gasteiger partial charge < -0.3 is 9.13 Å². The van der Waals surface area contributed by atoms with Crippen molar-refractivity contribution in [2.24, 2.45) is 0 Å². The maximum atomic E-state index is 5.49. The van der Waals surface area contributed by atoms with Crippen molar-refractivity contribution in [3.05, 3.63) is 187 Å². The van der Waals surface area contributed by atoms with Gasteiger partial charge in [-0.25, -0.2) is 4.98 Å². The van der Waals surface area contributed by atoms with Crippen LogP contribution in [-0.4, -0.2) is 14.1 Å². The van der Waals surface area contributed by atoms with E-state index in [0.717, 1.165) is 33.5 Å². The molecule has 12 rings (SSSR count). The highest BCUT2D eigenvalue weighted by atomic mass is 15.0. The van der Waals surface area contributed by atoms with Gasteiger partial charge in [0.25, 0.3) is 0 Å². The van der Waals surface area contributed by atoms with E-state index in [9.17, 15) is 0 Å². The molecule has 0 amide bonds. The van der Waals surface area contributed by atoms with E-state index in [2.05, 4.69) is 199 Å². The second-order valence-electron chi connectivity index (χ2n) is 15.6. The van der Waals surface area contributed by atoms with Crippen LogP contribution in [0.15, 0.2) is 176 Å². The fraction of sp³-hybridized carbons (Fsp3) is 0.0577. The first-order valence-electron chi connectivity index (χ1n) is 19.1. The van der Waals surface area contributed by atoms with Crippen molar-refractivity contribution in [2.75, 3.05) is 0 Å². The lowest BCUT2D eigenvalue weighted by Crippen LogP contribution is -2.15. The molecule has 0 aliphatic heterocycles. The summed E-state index contributed by atoms with van der Waals surface area (Å²) in [7, 11) is 0. The third-order valence-corrected chi connectivity index (χ3v) is 12.3. The molecule has 0 atom stereocenters. The summed E-state index contributed by atoms with van der Waals surface area (Å²) in [6, 6.07) is 64.5. The van der Waals surface area contributed by atoms with Gasteiger partial charge in [0.1, 0.15) is 0 Å². The zero-order valence-electron chi connectivity index (χ0n) is 30.6. The Morgan fingerprint density at radius 3 is 1.80 bits per heavy atom. The molecule has 3 heteroatoms. The molecule has 0 saturated heterocycles. The van der Waals surface area contributed by atoms with Gasteiger partial charge in [-0.1, -0.05) is 135 Å². The Morgan fingerprint density at radius 1 is 0.436 bits per heavy atom. The number of hydrogen-bond acceptors (Lipinski definition) is 1. The van der Waals surface area contributed by atoms with Crippen LogP contribution in [0.2, 0.25) is 0 Å². The van der Waals surface area contributed by atoms with Crippen LogP contribution in [0.25, 0.3) is 99.0 Å². The summed E-state index contributed by atoms with van der Waals surface area (Å²) in [5.74, 6) is 0. The number of para-hydroxylation sites is 3. The minimum atomic E-state index is -0.125. The van der Waals surface area contributed by atoms with Crippen molar-refractivity contribution in [2.45, 2.75) is 19.3 Å². The minimum Gasteiger partial charge on any atom is -0.309 e. The van der Waals surface area contributed by atoms with Gasteiger partial charge in [-0.15, -0.1) is 0 Å². The van der Waals surface area contributed by atoms with Gasteiger partial charge in [0.15, 0.2) is 0 Å². The van der Waals surface area contributed by atoms with Gasteiger partial charge in [-0.05, 0) is 87.6 Å². The molecule has 3 nitrogen and oxygen atoms in total. The number of rotatable bonds is 3. The molecule has 3 aromatic heterocycles. The highest BCUT2D eigenvalue weighted by Gasteiger charge is 2.36. The van der Waals surface area contributed by atoms with E-state index in [1.165, 1.54) is 76.6 Å². The Balaban J connectivity index is 1.10. The van der Waals surface area contributed by atoms with Crippen molar-refractivity contribution in [1.29, 1.82) is 0 Å². The number of benzene rings is 8. The van der Waals surface area contributed by atoms with E-state index in [1.807, 2.05) is 0 Å². The Hall–Kier alpha value is -6.97. The minimum absolute atomic E-state index is 0.125. The van der Waals surface area contributed by atoms with Gasteiger partial charge >= 0.3 is 0 Å². The summed E-state index contributed by atoms with van der Waals surface area (Å²) in [5.41, 5.74) is 15.3. The van der Waals surface area contributed by atoms with Crippen molar-refractivity contribution in [1.82, 2.24) is 14.1 Å². The molecule has 0 saturated carbocycles. The van der Waals surface area contributed by atoms with E-state index in [0.29, 0.717) is 0 Å². The Morgan fingerprint density at radius 2 is 1.05 bits per heavy atom. The van der Waals surface area contributed by atoms with E-state index in [4.69, 9.17) is 4.98 Å². The van der Waals surface area contributed by atoms with E-state index in [-0.39, 0.29) is 5.41 Å². The lowest BCUT2D eigenvalue weighted by Gasteiger charge is -2.22. The average Bonchev–Trinajstić information content (AvgIpc) is 3.83. The highest BCUT2D eigenvalue weighted by molar-refractivity contribution is 6.21. The molecule has 3 heterocycles. The van der Waals surface area contributed by atoms with Gasteiger partial charge in [-0.2, -0.15) is 0 Å². The molecule has 1 aliphatic carbocycles. The smallest absolute Gasteiger partial charge is 0.0734 e. The van der Waals surface area contributed by atoms with Crippen LogP contribution >= 0.6 is 0 Å². The lowest BCUT2D eigenvalue weighted by atomic mass is 9.82. The Bertz CT molecular complexity index is 3340. The number of hydrogen-bond donors (Lipinski definition) is 0. The number of aromatic nitrogens is 3. The van der Waals surface area contributed by atoms with Gasteiger partial charge in [0.2, 0.25) is 0 Å². The molecule has 0 bridgehead atoms. The summed E-state index contributed by atoms with van der Waals surface area (Å²) in [6.45, 7) is 4.69. The number of fused-ring (bicyclic) bond motifs is 12. The van der Waals surface area contributed by atoms with E-state index in [1.54, 1.807) is 0 Å². The van der Waals surface area contributed by atoms with E-state index < -0.39 is 0 Å². The number of nitrogens with zero attached hydrogens (tertiary/aromatic N) is 3. The molecule has 0 radical (unpaired) electrons. The molecule has 11 aromatic rings. The molecule has 0 N–H and O–H groups in total. The standard InChI is InChI=1S/C52H35N3/c1-52(2)42-19-9-5-15-36(42)40-29-41-45(30-43(40)52)53-44(31-50(41)55-46-20-10-6-16-37(46)38-17-7-11-21-47(38)55)33-23-26-34(27-24-33)54-48-22-12-8-18-39(48)51-35-14-4-3-13-32(35)25-28-49(51)54/h3-31H,1-2H3. The van der Waals surface area contributed by atoms with Crippen molar-refractivity contribution < 1.29 is 0 Å². The molecule has 258 valence electrons. The maximum absolute atomic E-state index is 5.49. The lowest BCUT2D eigenvalue weighted by molar-refractivity contribution is 0.661. The first-order valence-corrected chi connectivity index (χ1v) is 19.1. The quantitative estimate of drug-likeness (QED) is 0.180. The fourth-order valence-corrected chi connectivity index (χ4v) is 9.72. The van der Waals surface area contributed by atoms with Gasteiger partial charge in [-0.3, -0.25) is 0 Å². The second-order valence-corrected chi connectivity index (χ2v) is 15.6. The summed E-state index contributed by atoms with van der Waals surface area (Å²) in [5, 5.41) is 8.75. The largest absolute Gasteiger partial charge is 0.309 e. The Kier molecular flexibility index (Phi) is 6.12. The van der Waals surface area contributed by atoms with Crippen LogP contribution in [-0.2, 0) is 5.41 Å². The van der Waals surface area contributed by atoms with Gasteiger partial charge in [0.05, 0.1) is 39.0 Å². The SMILES string of the molecule is CC1(C)c2ccccc2-c2cc3c(-n4c5ccccc5c5ccccc54)cc(-c4ccc(-n5c6ccccc6c6c7ccccc7ccc65)cc4)nc3cc21. The monoisotopic (exact) mass is 701 g/mol. The topological polar surface area (TPSA) is 22.8 Å². The summed E-state index contributed by atoms with van der Waals surface area (Å²) in [6.07, 6.45) is 0. The molecule has 0 unspecified atom stereocenters. The zero-order valence-corrected chi connectivity index (χ0v) is 30.6. The summed E-state index contributed by atoms with van der Waals surface area (Å²) in [4.78, 5) is 5.49. The molecule has 0 fully saturated rings.